The van der Waals surface area contributed by atoms with Crippen molar-refractivity contribution in [1.29, 1.82) is 0 Å². The lowest BCUT2D eigenvalue weighted by Crippen LogP contribution is -2.53. The molecular weight excluding hydrogens is 1340 g/mol. The van der Waals surface area contributed by atoms with E-state index in [0.717, 1.165) is 44.2 Å². The van der Waals surface area contributed by atoms with Crippen molar-refractivity contribution < 1.29 is 81.0 Å². The highest BCUT2D eigenvalue weighted by Gasteiger charge is 2.43. The molecule has 104 heavy (non-hydrogen) atoms. The molecule has 0 aromatic heterocycles. The first kappa shape index (κ1) is 74.0. The van der Waals surface area contributed by atoms with Crippen LogP contribution in [-0.4, -0.2) is 169 Å². The van der Waals surface area contributed by atoms with E-state index in [9.17, 15) is 43.2 Å². The van der Waals surface area contributed by atoms with Gasteiger partial charge in [-0.2, -0.15) is 0 Å². The lowest BCUT2D eigenvalue weighted by molar-refractivity contribution is -0.137. The third-order valence-electron chi connectivity index (χ3n) is 18.3. The molecule has 6 aromatic rings. The van der Waals surface area contributed by atoms with Crippen molar-refractivity contribution in [3.63, 3.8) is 0 Å². The molecule has 0 spiro atoms. The van der Waals surface area contributed by atoms with Gasteiger partial charge in [0, 0.05) is 99.3 Å². The SMILES string of the molecule is COCCOCCOCCNc1cc(COc2cc3c(cc2OC)C(=O)N2c4ccccc4C[C@H]2C=N3)cc(COc2cc3c(cc2OC)C(=O)N2c4ccccc4CC2CN3C(=O)OCc2ccc(NC(=O)[C@H](C)NC(=O)[C@@H](NC(=O)CCCCC(=O)NCCN3C(=O)C=CC3=O)C(C)C)cc2)c1. The lowest BCUT2D eigenvalue weighted by atomic mass is 10.0. The number of anilines is 5. The Morgan fingerprint density at radius 1 is 0.577 bits per heavy atom. The van der Waals surface area contributed by atoms with Crippen molar-refractivity contribution in [3.8, 4) is 23.0 Å². The first-order valence-corrected chi connectivity index (χ1v) is 34.7. The maximum Gasteiger partial charge on any atom is 0.414 e. The fourth-order valence-corrected chi connectivity index (χ4v) is 12.9. The Balaban J connectivity index is 0.737. The molecule has 0 radical (unpaired) electrons. The normalized spacial score (nSPS) is 15.9. The number of para-hydroxylation sites is 2. The maximum atomic E-state index is 14.9. The summed E-state index contributed by atoms with van der Waals surface area (Å²) in [5.41, 5.74) is 8.04. The molecule has 5 aliphatic rings. The molecule has 6 aromatic carbocycles. The number of benzene rings is 6. The van der Waals surface area contributed by atoms with Crippen molar-refractivity contribution in [1.82, 2.24) is 20.9 Å². The predicted molar refractivity (Wildman–Crippen MR) is 387 cm³/mol. The molecule has 0 bridgehead atoms. The number of rotatable bonds is 34. The van der Waals surface area contributed by atoms with Crippen molar-refractivity contribution in [3.05, 3.63) is 166 Å². The summed E-state index contributed by atoms with van der Waals surface area (Å²) in [6, 6.07) is 31.8. The lowest BCUT2D eigenvalue weighted by Gasteiger charge is -2.26. The molecule has 11 rings (SSSR count). The molecule has 546 valence electrons. The summed E-state index contributed by atoms with van der Waals surface area (Å²) in [5, 5.41) is 14.4. The number of hydrogen-bond donors (Lipinski definition) is 5. The Morgan fingerprint density at radius 2 is 1.19 bits per heavy atom. The highest BCUT2D eigenvalue weighted by atomic mass is 16.6. The third kappa shape index (κ3) is 18.0. The van der Waals surface area contributed by atoms with Crippen molar-refractivity contribution >= 4 is 93.7 Å². The zero-order chi connectivity index (χ0) is 73.4. The molecule has 0 saturated carbocycles. The van der Waals surface area contributed by atoms with E-state index in [1.54, 1.807) is 85.5 Å². The Kier molecular flexibility index (Phi) is 24.7. The molecule has 27 heteroatoms. The van der Waals surface area contributed by atoms with E-state index < -0.39 is 53.8 Å². The van der Waals surface area contributed by atoms with E-state index in [-0.39, 0.29) is 105 Å². The molecule has 1 unspecified atom stereocenters. The third-order valence-corrected chi connectivity index (χ3v) is 18.3. The summed E-state index contributed by atoms with van der Waals surface area (Å²) in [5.74, 6) is -2.31. The molecule has 4 atom stereocenters. The number of methoxy groups -OCH3 is 3. The van der Waals surface area contributed by atoms with E-state index >= 15 is 0 Å². The summed E-state index contributed by atoms with van der Waals surface area (Å²) in [7, 11) is 4.61. The van der Waals surface area contributed by atoms with Crippen molar-refractivity contribution in [2.75, 3.05) is 106 Å². The van der Waals surface area contributed by atoms with Crippen LogP contribution in [-0.2, 0) is 80.4 Å². The van der Waals surface area contributed by atoms with E-state index in [0.29, 0.717) is 99.3 Å². The molecule has 9 amide bonds. The number of ether oxygens (including phenoxy) is 8. The molecule has 5 N–H and O–H groups in total. The van der Waals surface area contributed by atoms with Crippen LogP contribution in [0.2, 0.25) is 0 Å². The second-order valence-electron chi connectivity index (χ2n) is 25.9. The first-order chi connectivity index (χ1) is 50.4. The molecule has 5 heterocycles. The van der Waals surface area contributed by atoms with Gasteiger partial charge in [0.1, 0.15) is 31.9 Å². The molecule has 5 aliphatic heterocycles. The smallest absolute Gasteiger partial charge is 0.414 e. The van der Waals surface area contributed by atoms with E-state index in [1.807, 2.05) is 66.7 Å². The van der Waals surface area contributed by atoms with Crippen LogP contribution < -0.4 is 60.2 Å². The van der Waals surface area contributed by atoms with Crippen LogP contribution >= 0.6 is 0 Å². The Labute approximate surface area is 602 Å². The van der Waals surface area contributed by atoms with Gasteiger partial charge < -0.3 is 69.4 Å². The van der Waals surface area contributed by atoms with Gasteiger partial charge in [0.2, 0.25) is 23.6 Å². The van der Waals surface area contributed by atoms with Crippen molar-refractivity contribution in [2.24, 2.45) is 10.9 Å². The van der Waals surface area contributed by atoms with Gasteiger partial charge in [-0.25, -0.2) is 4.79 Å². The van der Waals surface area contributed by atoms with Crippen molar-refractivity contribution in [2.45, 2.75) is 103 Å². The average Bonchev–Trinajstić information content (AvgIpc) is 1.63. The minimum atomic E-state index is -1.02. The van der Waals surface area contributed by atoms with Crippen LogP contribution in [0.1, 0.15) is 95.0 Å². The number of hydrogen-bond acceptors (Lipinski definition) is 19. The van der Waals surface area contributed by atoms with Gasteiger partial charge in [0.25, 0.3) is 23.6 Å². The average molecular weight is 1420 g/mol. The van der Waals surface area contributed by atoms with Crippen LogP contribution in [0, 0.1) is 5.92 Å². The number of fused-ring (bicyclic) bond motifs is 8. The summed E-state index contributed by atoms with van der Waals surface area (Å²) >= 11 is 0. The van der Waals surface area contributed by atoms with Crippen LogP contribution in [0.3, 0.4) is 0 Å². The highest BCUT2D eigenvalue weighted by molar-refractivity contribution is 6.16. The van der Waals surface area contributed by atoms with Gasteiger partial charge >= 0.3 is 6.09 Å². The quantitative estimate of drug-likeness (QED) is 0.0188. The van der Waals surface area contributed by atoms with E-state index in [4.69, 9.17) is 42.9 Å². The first-order valence-electron chi connectivity index (χ1n) is 34.7. The zero-order valence-electron chi connectivity index (χ0n) is 59.0. The summed E-state index contributed by atoms with van der Waals surface area (Å²) in [4.78, 5) is 130. The molecule has 27 nitrogen and oxygen atoms in total. The number of nitrogens with zero attached hydrogens (tertiary/aromatic N) is 5. The minimum Gasteiger partial charge on any atom is -0.493 e. The summed E-state index contributed by atoms with van der Waals surface area (Å²) in [6.45, 7) is 7.70. The van der Waals surface area contributed by atoms with Gasteiger partial charge in [-0.1, -0.05) is 62.4 Å². The second kappa shape index (κ2) is 34.7. The van der Waals surface area contributed by atoms with Gasteiger partial charge in [-0.3, -0.25) is 58.0 Å². The molecule has 0 aliphatic carbocycles. The van der Waals surface area contributed by atoms with Gasteiger partial charge in [0.05, 0.1) is 88.4 Å². The number of aliphatic imine (C=N–C) groups is 1. The standard InChI is InChI=1S/C77H86N10O17/c1-47(2)72(83-69(89)18-12-11-17-68(88)79-25-27-84-70(90)23-24-71(84)91)74(93)81-48(3)73(92)82-54-21-19-49(20-22-54)44-104-77(96)85-43-57-37-53-14-8-10-16-62(53)87(57)76(95)59-39-65(99-6)67(41-63(59)85)103-46-51-33-50(34-55(35-51)78-26-28-100-31-32-101-30-29-97-4)45-102-66-40-60-58(38-64(66)98-5)75(94)86-56(42-80-60)36-52-13-7-9-15-61(52)86/h7-10,13-16,19-24,33-35,38-42,47-48,56-57,72,78H,11-12,17-18,25-32,36-37,43-46H2,1-6H3,(H,79,88)(H,81,93)(H,82,92)(H,83,89)/t48-,56-,57?,72-/m0/s1. The number of amides is 9. The fraction of sp³-hybridized carbons (Fsp3) is 0.377. The monoisotopic (exact) mass is 1420 g/mol. The maximum absolute atomic E-state index is 14.9. The summed E-state index contributed by atoms with van der Waals surface area (Å²) in [6.07, 6.45) is 5.44. The second-order valence-corrected chi connectivity index (χ2v) is 25.9. The highest BCUT2D eigenvalue weighted by Crippen LogP contribution is 2.45. The van der Waals surface area contributed by atoms with Crippen LogP contribution in [0.4, 0.5) is 38.9 Å². The Bertz CT molecular complexity index is 4240. The predicted octanol–water partition coefficient (Wildman–Crippen LogP) is 8.15. The number of unbranched alkanes of at least 4 members (excludes halogenated alkanes) is 1. The summed E-state index contributed by atoms with van der Waals surface area (Å²) < 4.78 is 47.5. The fourth-order valence-electron chi connectivity index (χ4n) is 12.9. The van der Waals surface area contributed by atoms with Gasteiger partial charge in [0.15, 0.2) is 23.0 Å². The number of nitrogens with one attached hydrogen (secondary N) is 5. The molecule has 0 fully saturated rings. The van der Waals surface area contributed by atoms with E-state index in [1.165, 1.54) is 38.2 Å². The molecular formula is C77H86N10O17. The number of carbonyl (C=O) groups excluding carboxylic acids is 9. The van der Waals surface area contributed by atoms with Crippen LogP contribution in [0.25, 0.3) is 0 Å². The number of imide groups is 1. The Hall–Kier alpha value is -11.2. The topological polar surface area (TPSA) is 313 Å². The zero-order valence-corrected chi connectivity index (χ0v) is 59.0. The van der Waals surface area contributed by atoms with Gasteiger partial charge in [-0.15, -0.1) is 0 Å². The van der Waals surface area contributed by atoms with Crippen LogP contribution in [0.5, 0.6) is 23.0 Å². The minimum absolute atomic E-state index is 0.0123. The van der Waals surface area contributed by atoms with Gasteiger partial charge in [-0.05, 0) is 115 Å². The van der Waals surface area contributed by atoms with E-state index in [2.05, 4.69) is 26.6 Å². The number of carbonyl (C=O) groups is 9. The largest absolute Gasteiger partial charge is 0.493 e. The Morgan fingerprint density at radius 3 is 1.87 bits per heavy atom. The van der Waals surface area contributed by atoms with Crippen LogP contribution in [0.15, 0.2) is 132 Å². The molecule has 0 saturated heterocycles.